The Labute approximate surface area is 332 Å². The Bertz CT molecular complexity index is 2880. The number of ether oxygens (including phenoxy) is 1. The van der Waals surface area contributed by atoms with Gasteiger partial charge < -0.3 is 9.84 Å². The summed E-state index contributed by atoms with van der Waals surface area (Å²) in [6.07, 6.45) is 4.52. The molecule has 9 nitrogen and oxygen atoms in total. The fourth-order valence-corrected chi connectivity index (χ4v) is 13.2. The van der Waals surface area contributed by atoms with E-state index >= 15 is 0 Å². The van der Waals surface area contributed by atoms with E-state index in [-0.39, 0.29) is 47.2 Å². The number of aromatic nitrogens is 1. The summed E-state index contributed by atoms with van der Waals surface area (Å²) in [5.74, 6) is -0.0249. The molecule has 0 amide bonds. The largest absolute Gasteiger partial charge is 0.444 e. The number of aliphatic hydroxyl groups excluding tert-OH is 1. The van der Waals surface area contributed by atoms with Crippen LogP contribution < -0.4 is 0 Å². The fraction of sp³-hybridized carbons (Fsp3) is 0.273. The first-order valence-corrected chi connectivity index (χ1v) is 21.5. The van der Waals surface area contributed by atoms with Gasteiger partial charge in [-0.25, -0.2) is 19.3 Å². The van der Waals surface area contributed by atoms with Crippen molar-refractivity contribution in [3.63, 3.8) is 0 Å². The van der Waals surface area contributed by atoms with Crippen molar-refractivity contribution >= 4 is 119 Å². The molecule has 7 aromatic rings. The number of hydrogen-bond acceptors (Lipinski definition) is 11. The Morgan fingerprint density at radius 2 is 1.43 bits per heavy atom. The molecule has 4 heterocycles. The minimum atomic E-state index is -1.18. The van der Waals surface area contributed by atoms with Crippen molar-refractivity contribution in [2.45, 2.75) is 51.2 Å². The van der Waals surface area contributed by atoms with Gasteiger partial charge >= 0.3 is 6.09 Å². The van der Waals surface area contributed by atoms with E-state index in [2.05, 4.69) is 0 Å². The number of carbonyl (C=O) groups excluding carboxylic acids is 4. The van der Waals surface area contributed by atoms with Gasteiger partial charge in [0.25, 0.3) is 0 Å². The minimum Gasteiger partial charge on any atom is -0.444 e. The zero-order chi connectivity index (χ0) is 37.8. The van der Waals surface area contributed by atoms with Gasteiger partial charge in [0.2, 0.25) is 5.78 Å². The number of rotatable bonds is 4. The standard InChI is InChI=1S/C44H33N3O6S3/c48-37-26-14-22-10-4-5-11-23(22)15-27(26)38(49)34(37)45-32-18-30-41(55-32)43-36(47(30)44(52)53-20-21-8-2-1-3-9-21)42-31(54-43)19-33(56-42)46-35-39(50)28-16-24-12-6-7-13-25(24)17-29(28)40(35)51/h1-5,8-11,14-15,18-19,24-25,28-29,37,48H,6-7,12-13,16-17,20H2. The second kappa shape index (κ2) is 13.0. The average Bonchev–Trinajstić information content (AvgIpc) is 4.04. The predicted octanol–water partition coefficient (Wildman–Crippen LogP) is 10.5. The van der Waals surface area contributed by atoms with E-state index in [1.807, 2.05) is 66.7 Å². The second-order valence-electron chi connectivity index (χ2n) is 15.4. The summed E-state index contributed by atoms with van der Waals surface area (Å²) in [6.45, 7) is 0.0678. The van der Waals surface area contributed by atoms with Crippen molar-refractivity contribution < 1.29 is 29.0 Å². The highest BCUT2D eigenvalue weighted by Gasteiger charge is 2.52. The van der Waals surface area contributed by atoms with Crippen LogP contribution in [0.15, 0.2) is 88.8 Å². The Kier molecular flexibility index (Phi) is 7.90. The maximum Gasteiger partial charge on any atom is 0.419 e. The lowest BCUT2D eigenvalue weighted by atomic mass is 9.64. The Morgan fingerprint density at radius 1 is 0.768 bits per heavy atom. The molecule has 0 spiro atoms. The van der Waals surface area contributed by atoms with E-state index in [1.165, 1.54) is 46.9 Å². The number of fused-ring (bicyclic) bond motifs is 9. The quantitative estimate of drug-likeness (QED) is 0.189. The minimum absolute atomic E-state index is 0.0409. The number of nitrogens with zero attached hydrogens (tertiary/aromatic N) is 3. The number of Topliss-reactive ketones (excluding diaryl/α,β-unsaturated/α-hetero) is 3. The molecule has 3 saturated carbocycles. The van der Waals surface area contributed by atoms with Gasteiger partial charge in [-0.05, 0) is 70.8 Å². The normalized spacial score (nSPS) is 24.2. The van der Waals surface area contributed by atoms with E-state index < -0.39 is 12.2 Å². The third-order valence-corrected chi connectivity index (χ3v) is 15.8. The average molecular weight is 796 g/mol. The fourth-order valence-electron chi connectivity index (χ4n) is 9.60. The van der Waals surface area contributed by atoms with Crippen LogP contribution >= 0.6 is 34.0 Å². The van der Waals surface area contributed by atoms with Crippen molar-refractivity contribution in [3.8, 4) is 0 Å². The van der Waals surface area contributed by atoms with Gasteiger partial charge in [-0.15, -0.1) is 34.0 Å². The monoisotopic (exact) mass is 795 g/mol. The van der Waals surface area contributed by atoms with Crippen LogP contribution in [0.3, 0.4) is 0 Å². The van der Waals surface area contributed by atoms with Gasteiger partial charge in [0.05, 0.1) is 29.8 Å². The summed E-state index contributed by atoms with van der Waals surface area (Å²) in [7, 11) is 0. The van der Waals surface area contributed by atoms with E-state index in [0.29, 0.717) is 44.0 Å². The third-order valence-electron chi connectivity index (χ3n) is 12.3. The molecule has 4 aliphatic carbocycles. The summed E-state index contributed by atoms with van der Waals surface area (Å²) >= 11 is 4.19. The molecule has 4 aromatic heterocycles. The zero-order valence-electron chi connectivity index (χ0n) is 29.9. The summed E-state index contributed by atoms with van der Waals surface area (Å²) in [5.41, 5.74) is 3.16. The Hall–Kier alpha value is -5.14. The number of aliphatic imine (C=N–C) groups is 2. The van der Waals surface area contributed by atoms with Crippen molar-refractivity contribution in [2.24, 2.45) is 33.7 Å². The number of hydrogen-bond donors (Lipinski definition) is 1. The molecule has 56 heavy (non-hydrogen) atoms. The van der Waals surface area contributed by atoms with Crippen LogP contribution in [-0.4, -0.2) is 44.5 Å². The number of aliphatic hydroxyl groups is 1. The lowest BCUT2D eigenvalue weighted by Gasteiger charge is -2.39. The highest BCUT2D eigenvalue weighted by atomic mass is 32.1. The molecular weight excluding hydrogens is 763 g/mol. The smallest absolute Gasteiger partial charge is 0.419 e. The number of thiophene rings is 3. The second-order valence-corrected chi connectivity index (χ2v) is 18.5. The maximum atomic E-state index is 14.1. The molecular formula is C44H33N3O6S3. The predicted molar refractivity (Wildman–Crippen MR) is 222 cm³/mol. The maximum absolute atomic E-state index is 14.1. The van der Waals surface area contributed by atoms with Crippen LogP contribution in [0.4, 0.5) is 14.8 Å². The van der Waals surface area contributed by atoms with E-state index in [9.17, 15) is 24.3 Å². The van der Waals surface area contributed by atoms with Crippen LogP contribution in [0, 0.1) is 23.7 Å². The van der Waals surface area contributed by atoms with Crippen LogP contribution in [0.5, 0.6) is 0 Å². The molecule has 4 aliphatic rings. The van der Waals surface area contributed by atoms with Gasteiger partial charge in [-0.3, -0.25) is 14.4 Å². The molecule has 3 aromatic carbocycles. The van der Waals surface area contributed by atoms with Crippen molar-refractivity contribution in [1.29, 1.82) is 0 Å². The topological polar surface area (TPSA) is 127 Å². The van der Waals surface area contributed by atoms with Crippen molar-refractivity contribution in [3.05, 3.63) is 95.6 Å². The molecule has 12 heteroatoms. The van der Waals surface area contributed by atoms with Crippen molar-refractivity contribution in [1.82, 2.24) is 4.57 Å². The van der Waals surface area contributed by atoms with Crippen LogP contribution in [0.25, 0.3) is 40.6 Å². The molecule has 0 bridgehead atoms. The van der Waals surface area contributed by atoms with E-state index in [1.54, 1.807) is 16.7 Å². The lowest BCUT2D eigenvalue weighted by molar-refractivity contribution is -0.123. The molecule has 3 fully saturated rings. The number of carbonyl (C=O) groups is 4. The van der Waals surface area contributed by atoms with E-state index in [4.69, 9.17) is 14.7 Å². The summed E-state index contributed by atoms with van der Waals surface area (Å²) < 4.78 is 10.8. The third kappa shape index (κ3) is 5.26. The Balaban J connectivity index is 0.984. The van der Waals surface area contributed by atoms with Gasteiger partial charge in [-0.2, -0.15) is 0 Å². The van der Waals surface area contributed by atoms with Gasteiger partial charge in [0, 0.05) is 17.4 Å². The molecule has 0 saturated heterocycles. The highest BCUT2D eigenvalue weighted by Crippen LogP contribution is 2.52. The first-order valence-electron chi connectivity index (χ1n) is 19.0. The first-order chi connectivity index (χ1) is 27.3. The van der Waals surface area contributed by atoms with Crippen LogP contribution in [-0.2, 0) is 20.9 Å². The van der Waals surface area contributed by atoms with Crippen LogP contribution in [0.2, 0.25) is 0 Å². The molecule has 278 valence electrons. The van der Waals surface area contributed by atoms with Gasteiger partial charge in [-0.1, -0.05) is 80.3 Å². The van der Waals surface area contributed by atoms with E-state index in [0.717, 1.165) is 60.8 Å². The van der Waals surface area contributed by atoms with Gasteiger partial charge in [0.15, 0.2) is 17.3 Å². The molecule has 11 rings (SSSR count). The van der Waals surface area contributed by atoms with Crippen LogP contribution in [0.1, 0.15) is 66.1 Å². The first kappa shape index (κ1) is 34.1. The van der Waals surface area contributed by atoms with Gasteiger partial charge in [0.1, 0.15) is 28.4 Å². The summed E-state index contributed by atoms with van der Waals surface area (Å²) in [6, 6.07) is 24.5. The lowest BCUT2D eigenvalue weighted by Crippen LogP contribution is -2.35. The molecule has 1 N–H and O–H groups in total. The van der Waals surface area contributed by atoms with Crippen molar-refractivity contribution in [2.75, 3.05) is 0 Å². The molecule has 0 radical (unpaired) electrons. The summed E-state index contributed by atoms with van der Waals surface area (Å²) in [4.78, 5) is 64.5. The number of benzene rings is 3. The SMILES string of the molecule is O=C1C(=Nc2cc3c(s2)c2sc4cc(N=C5C(=O)C6CC7CCCCC7CC6C5=O)sc4c2n3C(=O)OCc2ccccc2)C(O)c2cc3ccccc3cc21. The zero-order valence-corrected chi connectivity index (χ0v) is 32.3. The Morgan fingerprint density at radius 3 is 2.16 bits per heavy atom. The summed E-state index contributed by atoms with van der Waals surface area (Å²) in [5, 5.41) is 14.2. The molecule has 5 atom stereocenters. The molecule has 5 unspecified atom stereocenters. The number of ketones is 3. The molecule has 0 aliphatic heterocycles. The highest BCUT2D eigenvalue weighted by molar-refractivity contribution is 7.37.